The predicted octanol–water partition coefficient (Wildman–Crippen LogP) is -0.0721. The molecule has 1 saturated heterocycles. The summed E-state index contributed by atoms with van der Waals surface area (Å²) in [5, 5.41) is 48.9. The molecular formula is C20H22O9. The molecule has 2 aromatic carbocycles. The van der Waals surface area contributed by atoms with Crippen LogP contribution in [0.1, 0.15) is 15.9 Å². The van der Waals surface area contributed by atoms with Crippen molar-refractivity contribution in [1.29, 1.82) is 0 Å². The van der Waals surface area contributed by atoms with Crippen LogP contribution >= 0.6 is 0 Å². The Labute approximate surface area is 166 Å². The number of phenols is 1. The number of carbonyl (C=O) groups excluding carboxylic acids is 1. The van der Waals surface area contributed by atoms with Gasteiger partial charge in [0.05, 0.1) is 12.2 Å². The maximum atomic E-state index is 12.3. The minimum atomic E-state index is -1.65. The molecule has 5 atom stereocenters. The second kappa shape index (κ2) is 9.21. The molecule has 0 amide bonds. The van der Waals surface area contributed by atoms with Crippen molar-refractivity contribution in [2.24, 2.45) is 0 Å². The van der Waals surface area contributed by atoms with Gasteiger partial charge in [-0.2, -0.15) is 0 Å². The van der Waals surface area contributed by atoms with Crippen molar-refractivity contribution in [3.05, 3.63) is 59.7 Å². The lowest BCUT2D eigenvalue weighted by atomic mass is 9.99. The van der Waals surface area contributed by atoms with Crippen molar-refractivity contribution in [2.45, 2.75) is 37.3 Å². The van der Waals surface area contributed by atoms with E-state index in [1.807, 2.05) is 18.2 Å². The van der Waals surface area contributed by atoms with E-state index in [9.17, 15) is 30.3 Å². The van der Waals surface area contributed by atoms with Crippen LogP contribution in [-0.4, -0.2) is 68.8 Å². The van der Waals surface area contributed by atoms with E-state index in [-0.39, 0.29) is 23.7 Å². The van der Waals surface area contributed by atoms with Crippen LogP contribution in [0.15, 0.2) is 48.5 Å². The molecule has 9 heteroatoms. The third-order valence-electron chi connectivity index (χ3n) is 4.50. The highest BCUT2D eigenvalue weighted by molar-refractivity contribution is 5.90. The van der Waals surface area contributed by atoms with E-state index in [4.69, 9.17) is 14.2 Å². The quantitative estimate of drug-likeness (QED) is 0.416. The second-order valence-corrected chi connectivity index (χ2v) is 6.56. The Morgan fingerprint density at radius 3 is 2.41 bits per heavy atom. The van der Waals surface area contributed by atoms with Crippen molar-refractivity contribution in [3.8, 4) is 11.5 Å². The molecular weight excluding hydrogens is 384 g/mol. The van der Waals surface area contributed by atoms with Gasteiger partial charge in [0.25, 0.3) is 0 Å². The Morgan fingerprint density at radius 2 is 1.72 bits per heavy atom. The lowest BCUT2D eigenvalue weighted by Crippen LogP contribution is -2.60. The van der Waals surface area contributed by atoms with Gasteiger partial charge in [-0.25, -0.2) is 4.79 Å². The fourth-order valence-corrected chi connectivity index (χ4v) is 2.83. The molecule has 3 rings (SSSR count). The zero-order chi connectivity index (χ0) is 21.0. The van der Waals surface area contributed by atoms with Crippen molar-refractivity contribution in [3.63, 3.8) is 0 Å². The Bertz CT molecular complexity index is 824. The SMILES string of the molecule is O=C(OCc1ccccc1)c1ccc(O)c(O[C@@H]2O[C@H](CO)[C@@H](O)[C@H](O)[C@H]2O)c1. The topological polar surface area (TPSA) is 146 Å². The second-order valence-electron chi connectivity index (χ2n) is 6.56. The number of aromatic hydroxyl groups is 1. The molecule has 156 valence electrons. The van der Waals surface area contributed by atoms with Crippen LogP contribution in [0, 0.1) is 0 Å². The fraction of sp³-hybridized carbons (Fsp3) is 0.350. The molecule has 1 aliphatic rings. The maximum Gasteiger partial charge on any atom is 0.338 e. The number of esters is 1. The van der Waals surface area contributed by atoms with E-state index in [1.54, 1.807) is 12.1 Å². The number of carbonyl (C=O) groups is 1. The van der Waals surface area contributed by atoms with Crippen molar-refractivity contribution < 1.29 is 44.5 Å². The van der Waals surface area contributed by atoms with Gasteiger partial charge in [0.2, 0.25) is 6.29 Å². The number of ether oxygens (including phenoxy) is 3. The Hall–Kier alpha value is -2.69. The average molecular weight is 406 g/mol. The van der Waals surface area contributed by atoms with Gasteiger partial charge >= 0.3 is 5.97 Å². The van der Waals surface area contributed by atoms with E-state index < -0.39 is 43.3 Å². The lowest BCUT2D eigenvalue weighted by molar-refractivity contribution is -0.277. The van der Waals surface area contributed by atoms with Gasteiger partial charge in [-0.3, -0.25) is 0 Å². The summed E-state index contributed by atoms with van der Waals surface area (Å²) in [6, 6.07) is 12.8. The smallest absolute Gasteiger partial charge is 0.338 e. The molecule has 0 aromatic heterocycles. The molecule has 5 N–H and O–H groups in total. The monoisotopic (exact) mass is 406 g/mol. The number of hydrogen-bond donors (Lipinski definition) is 5. The molecule has 0 saturated carbocycles. The zero-order valence-corrected chi connectivity index (χ0v) is 15.3. The average Bonchev–Trinajstić information content (AvgIpc) is 2.74. The summed E-state index contributed by atoms with van der Waals surface area (Å²) < 4.78 is 15.8. The summed E-state index contributed by atoms with van der Waals surface area (Å²) in [7, 11) is 0. The Kier molecular flexibility index (Phi) is 6.68. The van der Waals surface area contributed by atoms with Gasteiger partial charge in [0.1, 0.15) is 31.0 Å². The first-order valence-electron chi connectivity index (χ1n) is 8.92. The van der Waals surface area contributed by atoms with Crippen molar-refractivity contribution in [2.75, 3.05) is 6.61 Å². The van der Waals surface area contributed by atoms with E-state index in [0.29, 0.717) is 0 Å². The maximum absolute atomic E-state index is 12.3. The number of aliphatic hydroxyl groups is 4. The first kappa shape index (κ1) is 21.0. The molecule has 2 aromatic rings. The predicted molar refractivity (Wildman–Crippen MR) is 98.1 cm³/mol. The van der Waals surface area contributed by atoms with Gasteiger partial charge in [0.15, 0.2) is 11.5 Å². The number of hydrogen-bond acceptors (Lipinski definition) is 9. The first-order chi connectivity index (χ1) is 13.9. The number of aliphatic hydroxyl groups excluding tert-OH is 4. The standard InChI is InChI=1S/C20H22O9/c21-9-15-16(23)17(24)18(25)20(29-15)28-14-8-12(6-7-13(14)22)19(26)27-10-11-4-2-1-3-5-11/h1-8,15-18,20-25H,9-10H2/t15-,16-,17+,18-,20-/m1/s1. The molecule has 29 heavy (non-hydrogen) atoms. The summed E-state index contributed by atoms with van der Waals surface area (Å²) in [6.45, 7) is -0.563. The largest absolute Gasteiger partial charge is 0.504 e. The highest BCUT2D eigenvalue weighted by atomic mass is 16.7. The van der Waals surface area contributed by atoms with Gasteiger partial charge in [-0.05, 0) is 23.8 Å². The van der Waals surface area contributed by atoms with Gasteiger partial charge in [0, 0.05) is 0 Å². The van der Waals surface area contributed by atoms with E-state index >= 15 is 0 Å². The van der Waals surface area contributed by atoms with Gasteiger partial charge < -0.3 is 39.7 Å². The van der Waals surface area contributed by atoms with Gasteiger partial charge in [-0.1, -0.05) is 30.3 Å². The van der Waals surface area contributed by atoms with Crippen LogP contribution in [0.25, 0.3) is 0 Å². The fourth-order valence-electron chi connectivity index (χ4n) is 2.83. The summed E-state index contributed by atoms with van der Waals surface area (Å²) in [6.07, 6.45) is -7.48. The number of rotatable bonds is 6. The molecule has 1 fully saturated rings. The van der Waals surface area contributed by atoms with E-state index in [1.165, 1.54) is 18.2 Å². The van der Waals surface area contributed by atoms with Crippen LogP contribution in [0.4, 0.5) is 0 Å². The van der Waals surface area contributed by atoms with Crippen LogP contribution in [-0.2, 0) is 16.1 Å². The van der Waals surface area contributed by atoms with Crippen LogP contribution < -0.4 is 4.74 Å². The highest BCUT2D eigenvalue weighted by Crippen LogP contribution is 2.31. The normalized spacial score (nSPS) is 26.7. The third kappa shape index (κ3) is 4.84. The van der Waals surface area contributed by atoms with Crippen LogP contribution in [0.3, 0.4) is 0 Å². The molecule has 0 radical (unpaired) electrons. The molecule has 0 unspecified atom stereocenters. The van der Waals surface area contributed by atoms with Crippen LogP contribution in [0.5, 0.6) is 11.5 Å². The highest BCUT2D eigenvalue weighted by Gasteiger charge is 2.44. The minimum Gasteiger partial charge on any atom is -0.504 e. The minimum absolute atomic E-state index is 0.0590. The molecule has 0 aliphatic carbocycles. The molecule has 0 bridgehead atoms. The summed E-state index contributed by atoms with van der Waals surface area (Å²) in [5.74, 6) is -1.21. The van der Waals surface area contributed by atoms with E-state index in [0.717, 1.165) is 5.56 Å². The first-order valence-corrected chi connectivity index (χ1v) is 8.92. The molecule has 1 aliphatic heterocycles. The number of benzene rings is 2. The van der Waals surface area contributed by atoms with E-state index in [2.05, 4.69) is 0 Å². The molecule has 9 nitrogen and oxygen atoms in total. The van der Waals surface area contributed by atoms with Crippen molar-refractivity contribution in [1.82, 2.24) is 0 Å². The summed E-state index contributed by atoms with van der Waals surface area (Å²) >= 11 is 0. The van der Waals surface area contributed by atoms with Gasteiger partial charge in [-0.15, -0.1) is 0 Å². The Morgan fingerprint density at radius 1 is 1.00 bits per heavy atom. The summed E-state index contributed by atoms with van der Waals surface area (Å²) in [5.41, 5.74) is 0.885. The molecule has 0 spiro atoms. The zero-order valence-electron chi connectivity index (χ0n) is 15.3. The lowest BCUT2D eigenvalue weighted by Gasteiger charge is -2.39. The third-order valence-corrected chi connectivity index (χ3v) is 4.50. The molecule has 1 heterocycles. The van der Waals surface area contributed by atoms with Crippen LogP contribution in [0.2, 0.25) is 0 Å². The van der Waals surface area contributed by atoms with Crippen molar-refractivity contribution >= 4 is 5.97 Å². The summed E-state index contributed by atoms with van der Waals surface area (Å²) in [4.78, 5) is 12.3. The Balaban J connectivity index is 1.71. The number of phenolic OH excluding ortho intramolecular Hbond substituents is 1.